The Balaban J connectivity index is 2.68. The van der Waals surface area contributed by atoms with Crippen LogP contribution in [0.4, 0.5) is 0 Å². The third kappa shape index (κ3) is 2.80. The maximum absolute atomic E-state index is 8.63. The van der Waals surface area contributed by atoms with Gasteiger partial charge in [0.2, 0.25) is 0 Å². The lowest BCUT2D eigenvalue weighted by atomic mass is 10.2. The molecule has 12 heavy (non-hydrogen) atoms. The summed E-state index contributed by atoms with van der Waals surface area (Å²) in [5.74, 6) is 0.969. The van der Waals surface area contributed by atoms with Gasteiger partial charge in [0.15, 0.2) is 0 Å². The molecule has 0 atom stereocenters. The average molecular weight is 195 g/mol. The van der Waals surface area contributed by atoms with Crippen LogP contribution >= 0.6 is 21.6 Å². The van der Waals surface area contributed by atoms with Gasteiger partial charge in [-0.2, -0.15) is 5.26 Å². The van der Waals surface area contributed by atoms with Gasteiger partial charge in [-0.1, -0.05) is 33.7 Å². The molecular weight excluding hydrogens is 186 g/mol. The van der Waals surface area contributed by atoms with Gasteiger partial charge >= 0.3 is 0 Å². The molecule has 1 aromatic rings. The Morgan fingerprint density at radius 2 is 2.33 bits per heavy atom. The number of hydrogen-bond donors (Lipinski definition) is 0. The quantitative estimate of drug-likeness (QED) is 0.693. The normalized spacial score (nSPS) is 9.33. The van der Waals surface area contributed by atoms with Crippen molar-refractivity contribution >= 4 is 21.6 Å². The lowest BCUT2D eigenvalue weighted by molar-refractivity contribution is 1.39. The van der Waals surface area contributed by atoms with Gasteiger partial charge in [0.25, 0.3) is 0 Å². The van der Waals surface area contributed by atoms with Crippen molar-refractivity contribution in [3.63, 3.8) is 0 Å². The van der Waals surface area contributed by atoms with Gasteiger partial charge in [0.05, 0.1) is 11.6 Å². The minimum Gasteiger partial charge on any atom is -0.192 e. The van der Waals surface area contributed by atoms with Crippen LogP contribution in [0.2, 0.25) is 0 Å². The van der Waals surface area contributed by atoms with E-state index in [1.165, 1.54) is 5.56 Å². The van der Waals surface area contributed by atoms with Crippen LogP contribution in [0, 0.1) is 11.3 Å². The molecule has 3 heteroatoms. The van der Waals surface area contributed by atoms with Crippen molar-refractivity contribution < 1.29 is 0 Å². The molecule has 0 amide bonds. The highest BCUT2D eigenvalue weighted by Crippen LogP contribution is 2.22. The van der Waals surface area contributed by atoms with Gasteiger partial charge in [0, 0.05) is 5.75 Å². The number of nitrogens with zero attached hydrogens (tertiary/aromatic N) is 1. The molecule has 0 unspecified atom stereocenters. The van der Waals surface area contributed by atoms with Crippen LogP contribution in [0.25, 0.3) is 0 Å². The minimum absolute atomic E-state index is 0.745. The van der Waals surface area contributed by atoms with E-state index < -0.39 is 0 Å². The predicted octanol–water partition coefficient (Wildman–Crippen LogP) is 3.07. The summed E-state index contributed by atoms with van der Waals surface area (Å²) >= 11 is 0. The van der Waals surface area contributed by atoms with Crippen molar-refractivity contribution in [1.82, 2.24) is 0 Å². The van der Waals surface area contributed by atoms with Crippen LogP contribution in [0.3, 0.4) is 0 Å². The molecular formula is C9H9NS2. The molecule has 62 valence electrons. The van der Waals surface area contributed by atoms with E-state index in [2.05, 4.69) is 12.3 Å². The lowest BCUT2D eigenvalue weighted by Gasteiger charge is -1.98. The lowest BCUT2D eigenvalue weighted by Crippen LogP contribution is -1.80. The van der Waals surface area contributed by atoms with E-state index in [4.69, 9.17) is 5.26 Å². The summed E-state index contributed by atoms with van der Waals surface area (Å²) in [6.07, 6.45) is 2.05. The van der Waals surface area contributed by atoms with Crippen molar-refractivity contribution in [1.29, 1.82) is 5.26 Å². The number of rotatable bonds is 3. The molecule has 0 aliphatic heterocycles. The first kappa shape index (κ1) is 9.50. The molecule has 0 fully saturated rings. The highest BCUT2D eigenvalue weighted by atomic mass is 33.1. The summed E-state index contributed by atoms with van der Waals surface area (Å²) in [7, 11) is 3.53. The Morgan fingerprint density at radius 1 is 1.50 bits per heavy atom. The highest BCUT2D eigenvalue weighted by molar-refractivity contribution is 8.76. The van der Waals surface area contributed by atoms with Crippen molar-refractivity contribution in [2.75, 3.05) is 6.26 Å². The maximum Gasteiger partial charge on any atom is 0.0991 e. The van der Waals surface area contributed by atoms with E-state index in [1.807, 2.05) is 24.3 Å². The topological polar surface area (TPSA) is 23.8 Å². The number of nitriles is 1. The fourth-order valence-corrected chi connectivity index (χ4v) is 2.05. The first-order valence-electron chi connectivity index (χ1n) is 3.51. The van der Waals surface area contributed by atoms with Gasteiger partial charge in [-0.15, -0.1) is 0 Å². The molecule has 0 bridgehead atoms. The molecule has 0 saturated heterocycles. The van der Waals surface area contributed by atoms with Crippen molar-refractivity contribution in [2.45, 2.75) is 5.75 Å². The SMILES string of the molecule is CSSCc1cccc(C#N)c1. The van der Waals surface area contributed by atoms with E-state index in [0.717, 1.165) is 11.3 Å². The van der Waals surface area contributed by atoms with E-state index in [-0.39, 0.29) is 0 Å². The molecule has 0 N–H and O–H groups in total. The Labute approximate surface area is 80.6 Å². The van der Waals surface area contributed by atoms with Gasteiger partial charge in [-0.25, -0.2) is 0 Å². The zero-order chi connectivity index (χ0) is 8.81. The first-order chi connectivity index (χ1) is 5.86. The van der Waals surface area contributed by atoms with E-state index in [1.54, 1.807) is 21.6 Å². The Kier molecular flexibility index (Phi) is 4.06. The van der Waals surface area contributed by atoms with E-state index in [9.17, 15) is 0 Å². The highest BCUT2D eigenvalue weighted by Gasteiger charge is 1.94. The molecule has 0 aliphatic rings. The maximum atomic E-state index is 8.63. The van der Waals surface area contributed by atoms with Crippen LogP contribution in [-0.4, -0.2) is 6.26 Å². The Morgan fingerprint density at radius 3 is 3.00 bits per heavy atom. The number of benzene rings is 1. The molecule has 0 aromatic heterocycles. The largest absolute Gasteiger partial charge is 0.192 e. The van der Waals surface area contributed by atoms with Gasteiger partial charge < -0.3 is 0 Å². The molecule has 0 spiro atoms. The molecule has 0 radical (unpaired) electrons. The zero-order valence-corrected chi connectivity index (χ0v) is 8.41. The molecule has 1 nitrogen and oxygen atoms in total. The van der Waals surface area contributed by atoms with Crippen molar-refractivity contribution in [3.8, 4) is 6.07 Å². The molecule has 0 aliphatic carbocycles. The summed E-state index contributed by atoms with van der Waals surface area (Å²) in [6.45, 7) is 0. The second kappa shape index (κ2) is 5.13. The summed E-state index contributed by atoms with van der Waals surface area (Å²) < 4.78 is 0. The van der Waals surface area contributed by atoms with Gasteiger partial charge in [-0.3, -0.25) is 0 Å². The molecule has 0 heterocycles. The summed E-state index contributed by atoms with van der Waals surface area (Å²) in [4.78, 5) is 0. The Bertz CT molecular complexity index is 291. The summed E-state index contributed by atoms with van der Waals surface area (Å²) in [5, 5.41) is 8.63. The zero-order valence-electron chi connectivity index (χ0n) is 6.78. The van der Waals surface area contributed by atoms with Crippen LogP contribution in [0.1, 0.15) is 11.1 Å². The second-order valence-electron chi connectivity index (χ2n) is 2.24. The minimum atomic E-state index is 0.745. The Hall–Kier alpha value is -0.590. The predicted molar refractivity (Wildman–Crippen MR) is 56.0 cm³/mol. The van der Waals surface area contributed by atoms with Crippen LogP contribution in [0.5, 0.6) is 0 Å². The number of hydrogen-bond acceptors (Lipinski definition) is 3. The van der Waals surface area contributed by atoms with Crippen LogP contribution < -0.4 is 0 Å². The first-order valence-corrected chi connectivity index (χ1v) is 6.24. The average Bonchev–Trinajstić information content (AvgIpc) is 2.15. The van der Waals surface area contributed by atoms with Crippen LogP contribution in [0.15, 0.2) is 24.3 Å². The monoisotopic (exact) mass is 195 g/mol. The summed E-state index contributed by atoms with van der Waals surface area (Å²) in [5.41, 5.74) is 1.96. The third-order valence-corrected chi connectivity index (χ3v) is 3.15. The fraction of sp³-hybridized carbons (Fsp3) is 0.222. The molecule has 1 aromatic carbocycles. The van der Waals surface area contributed by atoms with Gasteiger partial charge in [-0.05, 0) is 24.0 Å². The summed E-state index contributed by atoms with van der Waals surface area (Å²) in [6, 6.07) is 9.86. The van der Waals surface area contributed by atoms with E-state index in [0.29, 0.717) is 0 Å². The molecule has 0 saturated carbocycles. The standard InChI is InChI=1S/C9H9NS2/c1-11-12-7-9-4-2-3-8(5-9)6-10/h2-5H,7H2,1H3. The van der Waals surface area contributed by atoms with Gasteiger partial charge in [0.1, 0.15) is 0 Å². The van der Waals surface area contributed by atoms with Crippen molar-refractivity contribution in [3.05, 3.63) is 35.4 Å². The van der Waals surface area contributed by atoms with Crippen molar-refractivity contribution in [2.24, 2.45) is 0 Å². The van der Waals surface area contributed by atoms with E-state index >= 15 is 0 Å². The smallest absolute Gasteiger partial charge is 0.0991 e. The third-order valence-electron chi connectivity index (χ3n) is 1.40. The van der Waals surface area contributed by atoms with Crippen LogP contribution in [-0.2, 0) is 5.75 Å². The molecule has 1 rings (SSSR count). The second-order valence-corrected chi connectivity index (χ2v) is 4.81. The fourth-order valence-electron chi connectivity index (χ4n) is 0.858.